The molecule has 13 heavy (non-hydrogen) atoms. The molecule has 1 heterocycles. The van der Waals surface area contributed by atoms with Crippen LogP contribution in [-0.2, 0) is 0 Å². The van der Waals surface area contributed by atoms with E-state index in [1.807, 2.05) is 24.3 Å². The number of rotatable bonds is 1. The first kappa shape index (κ1) is 7.79. The molecule has 0 aliphatic carbocycles. The predicted molar refractivity (Wildman–Crippen MR) is 50.2 cm³/mol. The van der Waals surface area contributed by atoms with Crippen molar-refractivity contribution in [2.75, 3.05) is 5.73 Å². The van der Waals surface area contributed by atoms with Crippen LogP contribution in [0.3, 0.4) is 0 Å². The molecule has 0 aliphatic rings. The summed E-state index contributed by atoms with van der Waals surface area (Å²) in [7, 11) is 0. The van der Waals surface area contributed by atoms with Gasteiger partial charge in [-0.15, -0.1) is 9.90 Å². The van der Waals surface area contributed by atoms with Crippen molar-refractivity contribution in [3.8, 4) is 5.69 Å². The lowest BCUT2D eigenvalue weighted by atomic mass is 10.2. The van der Waals surface area contributed by atoms with Gasteiger partial charge in [0, 0.05) is 0 Å². The Labute approximate surface area is 76.0 Å². The summed E-state index contributed by atoms with van der Waals surface area (Å²) in [5, 5.41) is 7.96. The molecule has 0 spiro atoms. The summed E-state index contributed by atoms with van der Waals surface area (Å²) in [4.78, 5) is 1.48. The van der Waals surface area contributed by atoms with Crippen molar-refractivity contribution < 1.29 is 0 Å². The molecule has 0 unspecified atom stereocenters. The minimum atomic E-state index is 0.412. The second kappa shape index (κ2) is 2.90. The van der Waals surface area contributed by atoms with Crippen molar-refractivity contribution in [2.24, 2.45) is 0 Å². The molecule has 2 rings (SSSR count). The van der Waals surface area contributed by atoms with Crippen LogP contribution in [0.4, 0.5) is 5.82 Å². The molecular weight excluding hydrogens is 164 g/mol. The molecule has 1 aromatic heterocycles. The molecule has 1 aromatic carbocycles. The van der Waals surface area contributed by atoms with E-state index in [2.05, 4.69) is 17.1 Å². The highest BCUT2D eigenvalue weighted by atomic mass is 15.5. The Bertz CT molecular complexity index is 419. The molecule has 0 aliphatic heterocycles. The summed E-state index contributed by atoms with van der Waals surface area (Å²) >= 11 is 0. The monoisotopic (exact) mass is 173 g/mol. The van der Waals surface area contributed by atoms with Crippen LogP contribution in [0.15, 0.2) is 30.5 Å². The zero-order valence-electron chi connectivity index (χ0n) is 7.01. The van der Waals surface area contributed by atoms with E-state index in [-0.39, 0.29) is 0 Å². The Morgan fingerprint density at radius 2 is 2.23 bits per heavy atom. The highest BCUT2D eigenvalue weighted by Gasteiger charge is 1.98. The van der Waals surface area contributed by atoms with Gasteiger partial charge in [0.05, 0.1) is 11.9 Å². The molecule has 0 atom stereocenters. The summed E-state index contributed by atoms with van der Waals surface area (Å²) in [5.74, 6) is 0.412. The Balaban J connectivity index is 2.46. The first-order valence-electron chi connectivity index (χ1n) is 3.86. The first-order valence-corrected chi connectivity index (χ1v) is 3.86. The SMILES string of the molecule is [CH2]c1cccc(-n2ncc(N)n2)c1. The molecule has 0 bridgehead atoms. The van der Waals surface area contributed by atoms with E-state index in [4.69, 9.17) is 5.73 Å². The van der Waals surface area contributed by atoms with Gasteiger partial charge in [-0.25, -0.2) is 0 Å². The van der Waals surface area contributed by atoms with Crippen LogP contribution in [-0.4, -0.2) is 15.0 Å². The number of hydrogen-bond acceptors (Lipinski definition) is 3. The van der Waals surface area contributed by atoms with Crippen molar-refractivity contribution in [1.82, 2.24) is 15.0 Å². The van der Waals surface area contributed by atoms with Crippen molar-refractivity contribution in [3.05, 3.63) is 42.9 Å². The fourth-order valence-electron chi connectivity index (χ4n) is 1.08. The minimum Gasteiger partial charge on any atom is -0.381 e. The molecule has 0 fully saturated rings. The largest absolute Gasteiger partial charge is 0.381 e. The number of anilines is 1. The molecular formula is C9H9N4. The number of nitrogens with zero attached hydrogens (tertiary/aromatic N) is 3. The maximum Gasteiger partial charge on any atom is 0.166 e. The van der Waals surface area contributed by atoms with Gasteiger partial charge < -0.3 is 5.73 Å². The maximum absolute atomic E-state index is 5.44. The first-order chi connectivity index (χ1) is 6.25. The molecule has 0 saturated heterocycles. The smallest absolute Gasteiger partial charge is 0.166 e. The molecule has 1 radical (unpaired) electrons. The summed E-state index contributed by atoms with van der Waals surface area (Å²) in [5.41, 5.74) is 7.23. The fourth-order valence-corrected chi connectivity index (χ4v) is 1.08. The molecule has 65 valence electrons. The lowest BCUT2D eigenvalue weighted by Gasteiger charge is -1.99. The van der Waals surface area contributed by atoms with Gasteiger partial charge >= 0.3 is 0 Å². The van der Waals surface area contributed by atoms with Crippen molar-refractivity contribution in [2.45, 2.75) is 0 Å². The molecule has 0 saturated carbocycles. The van der Waals surface area contributed by atoms with Crippen LogP contribution >= 0.6 is 0 Å². The van der Waals surface area contributed by atoms with E-state index in [9.17, 15) is 0 Å². The molecule has 4 nitrogen and oxygen atoms in total. The molecule has 2 N–H and O–H groups in total. The van der Waals surface area contributed by atoms with Crippen LogP contribution in [0.2, 0.25) is 0 Å². The van der Waals surface area contributed by atoms with Crippen LogP contribution in [0.5, 0.6) is 0 Å². The van der Waals surface area contributed by atoms with Gasteiger partial charge in [0.25, 0.3) is 0 Å². The van der Waals surface area contributed by atoms with E-state index in [1.165, 1.54) is 11.0 Å². The van der Waals surface area contributed by atoms with E-state index in [1.54, 1.807) is 0 Å². The average molecular weight is 173 g/mol. The maximum atomic E-state index is 5.44. The zero-order valence-corrected chi connectivity index (χ0v) is 7.01. The molecule has 4 heteroatoms. The minimum absolute atomic E-state index is 0.412. The third kappa shape index (κ3) is 1.51. The number of aromatic nitrogens is 3. The standard InChI is InChI=1S/C9H9N4/c1-7-3-2-4-8(5-7)13-11-6-9(10)12-13/h2-6H,1H2,(H2,10,12). The predicted octanol–water partition coefficient (Wildman–Crippen LogP) is 1.03. The third-order valence-corrected chi connectivity index (χ3v) is 1.65. The summed E-state index contributed by atoms with van der Waals surface area (Å²) in [6.07, 6.45) is 1.51. The van der Waals surface area contributed by atoms with Crippen LogP contribution in [0, 0.1) is 6.92 Å². The molecule has 0 amide bonds. The Kier molecular flexibility index (Phi) is 1.73. The van der Waals surface area contributed by atoms with Gasteiger partial charge in [-0.05, 0) is 24.6 Å². The normalized spacial score (nSPS) is 10.2. The Morgan fingerprint density at radius 3 is 2.85 bits per heavy atom. The third-order valence-electron chi connectivity index (χ3n) is 1.65. The van der Waals surface area contributed by atoms with Gasteiger partial charge in [0.2, 0.25) is 0 Å². The Hall–Kier alpha value is -1.84. The lowest BCUT2D eigenvalue weighted by Crippen LogP contribution is -1.99. The highest BCUT2D eigenvalue weighted by Crippen LogP contribution is 2.07. The summed E-state index contributed by atoms with van der Waals surface area (Å²) in [6, 6.07) is 7.60. The van der Waals surface area contributed by atoms with Crippen molar-refractivity contribution in [3.63, 3.8) is 0 Å². The summed E-state index contributed by atoms with van der Waals surface area (Å²) < 4.78 is 0. The van der Waals surface area contributed by atoms with Crippen LogP contribution in [0.25, 0.3) is 5.69 Å². The summed E-state index contributed by atoms with van der Waals surface area (Å²) in [6.45, 7) is 3.81. The molecule has 2 aromatic rings. The highest BCUT2D eigenvalue weighted by molar-refractivity contribution is 5.36. The van der Waals surface area contributed by atoms with Gasteiger partial charge in [-0.1, -0.05) is 12.1 Å². The van der Waals surface area contributed by atoms with Gasteiger partial charge in [-0.2, -0.15) is 5.10 Å². The second-order valence-corrected chi connectivity index (χ2v) is 2.73. The van der Waals surface area contributed by atoms with Crippen molar-refractivity contribution in [1.29, 1.82) is 0 Å². The number of nitrogens with two attached hydrogens (primary N) is 1. The van der Waals surface area contributed by atoms with Crippen LogP contribution < -0.4 is 5.73 Å². The van der Waals surface area contributed by atoms with Crippen LogP contribution in [0.1, 0.15) is 5.56 Å². The van der Waals surface area contributed by atoms with E-state index >= 15 is 0 Å². The van der Waals surface area contributed by atoms with E-state index in [0.29, 0.717) is 5.82 Å². The number of hydrogen-bond donors (Lipinski definition) is 1. The average Bonchev–Trinajstić information content (AvgIpc) is 2.52. The topological polar surface area (TPSA) is 56.7 Å². The number of nitrogen functional groups attached to an aromatic ring is 1. The van der Waals surface area contributed by atoms with Crippen molar-refractivity contribution >= 4 is 5.82 Å². The fraction of sp³-hybridized carbons (Fsp3) is 0. The van der Waals surface area contributed by atoms with Gasteiger partial charge in [0.1, 0.15) is 0 Å². The Morgan fingerprint density at radius 1 is 1.38 bits per heavy atom. The number of benzene rings is 1. The zero-order chi connectivity index (χ0) is 9.26. The van der Waals surface area contributed by atoms with E-state index < -0.39 is 0 Å². The van der Waals surface area contributed by atoms with Gasteiger partial charge in [-0.3, -0.25) is 0 Å². The second-order valence-electron chi connectivity index (χ2n) is 2.73. The van der Waals surface area contributed by atoms with E-state index in [0.717, 1.165) is 11.3 Å². The lowest BCUT2D eigenvalue weighted by molar-refractivity contribution is 0.754. The quantitative estimate of drug-likeness (QED) is 0.700. The van der Waals surface area contributed by atoms with Gasteiger partial charge in [0.15, 0.2) is 5.82 Å².